The van der Waals surface area contributed by atoms with Gasteiger partial charge in [0.15, 0.2) is 0 Å². The van der Waals surface area contributed by atoms with Crippen molar-refractivity contribution in [3.05, 3.63) is 23.8 Å². The minimum atomic E-state index is 0.132. The molecule has 0 saturated heterocycles. The summed E-state index contributed by atoms with van der Waals surface area (Å²) in [5.41, 5.74) is 3.44. The van der Waals surface area contributed by atoms with Gasteiger partial charge in [-0.1, -0.05) is 20.3 Å². The van der Waals surface area contributed by atoms with E-state index < -0.39 is 0 Å². The van der Waals surface area contributed by atoms with Crippen LogP contribution in [0.3, 0.4) is 0 Å². The van der Waals surface area contributed by atoms with Crippen LogP contribution in [0, 0.1) is 11.8 Å². The number of aryl methyl sites for hydroxylation is 1. The summed E-state index contributed by atoms with van der Waals surface area (Å²) in [7, 11) is 0. The summed E-state index contributed by atoms with van der Waals surface area (Å²) in [6, 6.07) is 6.91. The van der Waals surface area contributed by atoms with Gasteiger partial charge in [-0.05, 0) is 54.9 Å². The van der Waals surface area contributed by atoms with Gasteiger partial charge in [-0.25, -0.2) is 0 Å². The zero-order valence-electron chi connectivity index (χ0n) is 12.4. The first kappa shape index (κ1) is 13.5. The van der Waals surface area contributed by atoms with Crippen molar-refractivity contribution in [1.29, 1.82) is 0 Å². The molecular formula is C17H24N2O. The fourth-order valence-corrected chi connectivity index (χ4v) is 3.42. The second-order valence-electron chi connectivity index (χ2n) is 6.57. The second kappa shape index (κ2) is 5.47. The number of hydrogen-bond acceptors (Lipinski definition) is 2. The van der Waals surface area contributed by atoms with Gasteiger partial charge in [-0.2, -0.15) is 0 Å². The molecule has 3 heteroatoms. The minimum absolute atomic E-state index is 0.132. The van der Waals surface area contributed by atoms with Gasteiger partial charge in [0.25, 0.3) is 0 Å². The quantitative estimate of drug-likeness (QED) is 0.859. The van der Waals surface area contributed by atoms with Crippen molar-refractivity contribution in [3.63, 3.8) is 0 Å². The van der Waals surface area contributed by atoms with Crippen LogP contribution < -0.4 is 10.6 Å². The SMILES string of the molecule is CC1CCC(C)C(Nc2ccc3c(c2)CCC(=O)N3)C1. The Balaban J connectivity index is 1.73. The maximum absolute atomic E-state index is 11.4. The molecule has 2 N–H and O–H groups in total. The van der Waals surface area contributed by atoms with E-state index in [4.69, 9.17) is 0 Å². The Morgan fingerprint density at radius 1 is 1.20 bits per heavy atom. The summed E-state index contributed by atoms with van der Waals surface area (Å²) in [6.07, 6.45) is 5.39. The summed E-state index contributed by atoms with van der Waals surface area (Å²) >= 11 is 0. The van der Waals surface area contributed by atoms with E-state index >= 15 is 0 Å². The van der Waals surface area contributed by atoms with Gasteiger partial charge in [0.2, 0.25) is 5.91 Å². The van der Waals surface area contributed by atoms with E-state index in [2.05, 4.69) is 36.6 Å². The zero-order chi connectivity index (χ0) is 14.1. The van der Waals surface area contributed by atoms with E-state index in [9.17, 15) is 4.79 Å². The Labute approximate surface area is 121 Å². The van der Waals surface area contributed by atoms with Crippen molar-refractivity contribution in [2.24, 2.45) is 11.8 Å². The van der Waals surface area contributed by atoms with E-state index in [1.807, 2.05) is 6.07 Å². The Morgan fingerprint density at radius 3 is 2.90 bits per heavy atom. The van der Waals surface area contributed by atoms with Crippen molar-refractivity contribution in [2.45, 2.75) is 52.0 Å². The lowest BCUT2D eigenvalue weighted by atomic mass is 9.80. The maximum Gasteiger partial charge on any atom is 0.224 e. The molecule has 1 fully saturated rings. The lowest BCUT2D eigenvalue weighted by Crippen LogP contribution is -2.33. The first-order valence-electron chi connectivity index (χ1n) is 7.81. The molecule has 1 heterocycles. The van der Waals surface area contributed by atoms with Gasteiger partial charge in [0.1, 0.15) is 0 Å². The molecule has 1 aromatic rings. The largest absolute Gasteiger partial charge is 0.382 e. The molecule has 1 aliphatic heterocycles. The van der Waals surface area contributed by atoms with Crippen molar-refractivity contribution in [1.82, 2.24) is 0 Å². The first-order valence-corrected chi connectivity index (χ1v) is 7.81. The number of benzene rings is 1. The number of fused-ring (bicyclic) bond motifs is 1. The van der Waals surface area contributed by atoms with E-state index in [1.54, 1.807) is 0 Å². The molecule has 2 aliphatic rings. The van der Waals surface area contributed by atoms with Crippen LogP contribution in [0.2, 0.25) is 0 Å². The third-order valence-electron chi connectivity index (χ3n) is 4.81. The smallest absolute Gasteiger partial charge is 0.224 e. The highest BCUT2D eigenvalue weighted by molar-refractivity contribution is 5.94. The molecule has 1 aliphatic carbocycles. The first-order chi connectivity index (χ1) is 9.61. The minimum Gasteiger partial charge on any atom is -0.382 e. The number of carbonyl (C=O) groups is 1. The molecule has 1 saturated carbocycles. The Hall–Kier alpha value is -1.51. The molecule has 3 rings (SSSR count). The third-order valence-corrected chi connectivity index (χ3v) is 4.81. The molecule has 1 aromatic carbocycles. The van der Waals surface area contributed by atoms with Gasteiger partial charge in [-0.3, -0.25) is 4.79 Å². The van der Waals surface area contributed by atoms with Crippen molar-refractivity contribution in [2.75, 3.05) is 10.6 Å². The van der Waals surface area contributed by atoms with Gasteiger partial charge in [0.05, 0.1) is 0 Å². The highest BCUT2D eigenvalue weighted by atomic mass is 16.1. The molecule has 3 nitrogen and oxygen atoms in total. The van der Waals surface area contributed by atoms with Gasteiger partial charge in [-0.15, -0.1) is 0 Å². The number of carbonyl (C=O) groups excluding carboxylic acids is 1. The number of rotatable bonds is 2. The average molecular weight is 272 g/mol. The summed E-state index contributed by atoms with van der Waals surface area (Å²) < 4.78 is 0. The number of hydrogen-bond donors (Lipinski definition) is 2. The fraction of sp³-hybridized carbons (Fsp3) is 0.588. The molecule has 0 aromatic heterocycles. The average Bonchev–Trinajstić information content (AvgIpc) is 2.43. The fourth-order valence-electron chi connectivity index (χ4n) is 3.42. The van der Waals surface area contributed by atoms with Crippen LogP contribution in [0.1, 0.15) is 45.1 Å². The number of anilines is 2. The van der Waals surface area contributed by atoms with Crippen LogP contribution in [0.4, 0.5) is 11.4 Å². The van der Waals surface area contributed by atoms with Crippen molar-refractivity contribution >= 4 is 17.3 Å². The van der Waals surface area contributed by atoms with Gasteiger partial charge >= 0.3 is 0 Å². The van der Waals surface area contributed by atoms with E-state index in [1.165, 1.54) is 30.5 Å². The summed E-state index contributed by atoms with van der Waals surface area (Å²) in [5, 5.41) is 6.65. The van der Waals surface area contributed by atoms with Crippen molar-refractivity contribution in [3.8, 4) is 0 Å². The molecule has 1 amide bonds. The zero-order valence-corrected chi connectivity index (χ0v) is 12.4. The Bertz CT molecular complexity index is 512. The molecule has 3 unspecified atom stereocenters. The standard InChI is InChI=1S/C17H24N2O/c1-11-3-4-12(2)16(9-11)18-14-6-7-15-13(10-14)5-8-17(20)19-15/h6-7,10-12,16,18H,3-5,8-9H2,1-2H3,(H,19,20). The normalized spacial score (nSPS) is 29.5. The van der Waals surface area contributed by atoms with E-state index in [0.717, 1.165) is 23.9 Å². The number of nitrogens with one attached hydrogen (secondary N) is 2. The van der Waals surface area contributed by atoms with Crippen molar-refractivity contribution < 1.29 is 4.79 Å². The Morgan fingerprint density at radius 2 is 2.05 bits per heavy atom. The van der Waals surface area contributed by atoms with Gasteiger partial charge < -0.3 is 10.6 Å². The highest BCUT2D eigenvalue weighted by Gasteiger charge is 2.25. The van der Waals surface area contributed by atoms with Gasteiger partial charge in [0, 0.05) is 23.8 Å². The van der Waals surface area contributed by atoms with Crippen LogP contribution >= 0.6 is 0 Å². The van der Waals surface area contributed by atoms with Crippen LogP contribution in [0.15, 0.2) is 18.2 Å². The monoisotopic (exact) mass is 272 g/mol. The molecule has 0 bridgehead atoms. The molecule has 3 atom stereocenters. The summed E-state index contributed by atoms with van der Waals surface area (Å²) in [4.78, 5) is 11.4. The van der Waals surface area contributed by atoms with Crippen LogP contribution in [0.5, 0.6) is 0 Å². The maximum atomic E-state index is 11.4. The van der Waals surface area contributed by atoms with E-state index in [0.29, 0.717) is 12.5 Å². The molecular weight excluding hydrogens is 248 g/mol. The number of amides is 1. The summed E-state index contributed by atoms with van der Waals surface area (Å²) in [6.45, 7) is 4.70. The van der Waals surface area contributed by atoms with Crippen LogP contribution in [-0.2, 0) is 11.2 Å². The second-order valence-corrected chi connectivity index (χ2v) is 6.57. The molecule has 0 spiro atoms. The van der Waals surface area contributed by atoms with Crippen LogP contribution in [0.25, 0.3) is 0 Å². The lowest BCUT2D eigenvalue weighted by molar-refractivity contribution is -0.116. The Kier molecular flexibility index (Phi) is 3.68. The molecule has 108 valence electrons. The van der Waals surface area contributed by atoms with Crippen LogP contribution in [-0.4, -0.2) is 11.9 Å². The third kappa shape index (κ3) is 2.82. The lowest BCUT2D eigenvalue weighted by Gasteiger charge is -2.34. The predicted molar refractivity (Wildman–Crippen MR) is 83.0 cm³/mol. The topological polar surface area (TPSA) is 41.1 Å². The molecule has 0 radical (unpaired) electrons. The van der Waals surface area contributed by atoms with E-state index in [-0.39, 0.29) is 5.91 Å². The predicted octanol–water partition coefficient (Wildman–Crippen LogP) is 3.81. The molecule has 20 heavy (non-hydrogen) atoms. The summed E-state index contributed by atoms with van der Waals surface area (Å²) in [5.74, 6) is 1.69. The highest BCUT2D eigenvalue weighted by Crippen LogP contribution is 2.32.